The molecule has 1 amide bonds. The molecule has 1 aliphatic heterocycles. The van der Waals surface area contributed by atoms with Crippen molar-refractivity contribution in [3.05, 3.63) is 77.4 Å². The maximum Gasteiger partial charge on any atom is 0.240 e. The predicted octanol–water partition coefficient (Wildman–Crippen LogP) is 4.24. The van der Waals surface area contributed by atoms with Gasteiger partial charge in [-0.1, -0.05) is 19.1 Å². The minimum Gasteiger partial charge on any atom is -0.508 e. The second-order valence-electron chi connectivity index (χ2n) is 7.79. The van der Waals surface area contributed by atoms with E-state index in [0.717, 1.165) is 11.3 Å². The largest absolute Gasteiger partial charge is 0.508 e. The molecule has 1 aliphatic rings. The van der Waals surface area contributed by atoms with Crippen LogP contribution in [0.4, 0.5) is 5.69 Å². The Morgan fingerprint density at radius 1 is 0.909 bits per heavy atom. The highest BCUT2D eigenvalue weighted by Crippen LogP contribution is 2.40. The lowest BCUT2D eigenvalue weighted by Crippen LogP contribution is -2.31. The van der Waals surface area contributed by atoms with Crippen molar-refractivity contribution in [3.8, 4) is 23.0 Å². The summed E-state index contributed by atoms with van der Waals surface area (Å²) in [7, 11) is 0. The van der Waals surface area contributed by atoms with Crippen LogP contribution in [0.5, 0.6) is 23.0 Å². The topological polar surface area (TPSA) is 147 Å². The van der Waals surface area contributed by atoms with Crippen molar-refractivity contribution >= 4 is 17.3 Å². The van der Waals surface area contributed by atoms with Crippen LogP contribution in [0.25, 0.3) is 0 Å². The van der Waals surface area contributed by atoms with E-state index in [4.69, 9.17) is 0 Å². The summed E-state index contributed by atoms with van der Waals surface area (Å²) >= 11 is 0. The van der Waals surface area contributed by atoms with Crippen molar-refractivity contribution < 1.29 is 25.2 Å². The number of carbonyl (C=O) groups excluding carboxylic acids is 1. The second kappa shape index (κ2) is 8.99. The van der Waals surface area contributed by atoms with E-state index >= 15 is 0 Å². The number of phenolic OH excluding ortho intramolecular Hbond substituents is 4. The third-order valence-corrected chi connectivity index (χ3v) is 5.33. The van der Waals surface area contributed by atoms with E-state index in [1.165, 1.54) is 36.4 Å². The summed E-state index contributed by atoms with van der Waals surface area (Å²) in [5.74, 6) is -0.786. The summed E-state index contributed by atoms with van der Waals surface area (Å²) in [5.41, 5.74) is 5.28. The van der Waals surface area contributed by atoms with Crippen LogP contribution >= 0.6 is 0 Å². The first-order valence-electron chi connectivity index (χ1n) is 10.2. The van der Waals surface area contributed by atoms with Gasteiger partial charge in [0.15, 0.2) is 0 Å². The van der Waals surface area contributed by atoms with Crippen molar-refractivity contribution in [2.75, 3.05) is 0 Å². The Morgan fingerprint density at radius 3 is 2.00 bits per heavy atom. The number of rotatable bonds is 5. The monoisotopic (exact) mass is 446 g/mol. The van der Waals surface area contributed by atoms with E-state index in [1.54, 1.807) is 12.1 Å². The quantitative estimate of drug-likeness (QED) is 0.372. The van der Waals surface area contributed by atoms with Crippen LogP contribution in [0.3, 0.4) is 0 Å². The molecule has 0 saturated heterocycles. The highest BCUT2D eigenvalue weighted by molar-refractivity contribution is 6.05. The summed E-state index contributed by atoms with van der Waals surface area (Å²) in [6.45, 7) is 1.93. The maximum absolute atomic E-state index is 11.5. The van der Waals surface area contributed by atoms with Crippen molar-refractivity contribution in [1.29, 1.82) is 0 Å². The number of hydrogen-bond acceptors (Lipinski definition) is 8. The summed E-state index contributed by atoms with van der Waals surface area (Å²) in [4.78, 5) is 11.5. The molecule has 1 heterocycles. The van der Waals surface area contributed by atoms with Gasteiger partial charge in [-0.05, 0) is 42.0 Å². The molecule has 0 radical (unpaired) electrons. The Labute approximate surface area is 189 Å². The zero-order chi connectivity index (χ0) is 23.5. The molecule has 0 saturated carbocycles. The molecule has 0 fully saturated rings. The van der Waals surface area contributed by atoms with Crippen LogP contribution in [-0.4, -0.2) is 32.0 Å². The normalized spacial score (nSPS) is 16.1. The fourth-order valence-corrected chi connectivity index (χ4v) is 3.64. The number of hydrogen-bond donors (Lipinski definition) is 5. The van der Waals surface area contributed by atoms with Crippen LogP contribution in [0.15, 0.2) is 76.0 Å². The van der Waals surface area contributed by atoms with E-state index in [-0.39, 0.29) is 34.8 Å². The third kappa shape index (κ3) is 4.77. The Balaban J connectivity index is 1.66. The number of benzene rings is 3. The molecule has 3 aromatic carbocycles. The number of hydrazone groups is 1. The lowest BCUT2D eigenvalue weighted by atomic mass is 9.94. The van der Waals surface area contributed by atoms with Gasteiger partial charge in [0.25, 0.3) is 0 Å². The lowest BCUT2D eigenvalue weighted by Gasteiger charge is -2.19. The van der Waals surface area contributed by atoms with E-state index in [2.05, 4.69) is 20.8 Å². The van der Waals surface area contributed by atoms with Gasteiger partial charge < -0.3 is 20.4 Å². The fraction of sp³-hybridized carbons (Fsp3) is 0.167. The summed E-state index contributed by atoms with van der Waals surface area (Å²) in [6, 6.07) is 14.4. The van der Waals surface area contributed by atoms with Crippen LogP contribution in [0, 0.1) is 5.92 Å². The highest BCUT2D eigenvalue weighted by Gasteiger charge is 2.23. The van der Waals surface area contributed by atoms with E-state index < -0.39 is 6.04 Å². The number of nitrogens with zero attached hydrogens (tertiary/aromatic N) is 3. The van der Waals surface area contributed by atoms with Crippen LogP contribution < -0.4 is 5.43 Å². The van der Waals surface area contributed by atoms with Crippen molar-refractivity contribution in [2.45, 2.75) is 19.4 Å². The van der Waals surface area contributed by atoms with Crippen LogP contribution in [0.1, 0.15) is 36.1 Å². The second-order valence-corrected chi connectivity index (χ2v) is 7.79. The number of carbonyl (C=O) groups is 1. The molecule has 4 rings (SSSR count). The van der Waals surface area contributed by atoms with E-state index in [0.29, 0.717) is 23.2 Å². The van der Waals surface area contributed by atoms with Crippen molar-refractivity contribution in [3.63, 3.8) is 0 Å². The molecule has 9 nitrogen and oxygen atoms in total. The van der Waals surface area contributed by atoms with Gasteiger partial charge in [0.1, 0.15) is 29.0 Å². The molecule has 1 unspecified atom stereocenters. The standard InChI is InChI=1S/C24H22N4O5/c1-13-10-22(33)26-27-23(13)14-2-4-15(5-3-14)25-28-24(18-8-6-16(29)11-20(18)31)19-9-7-17(30)12-21(19)32/h2-9,11-13,24,29-32H,10H2,1H3,(H,26,33). The smallest absolute Gasteiger partial charge is 0.240 e. The zero-order valence-electron chi connectivity index (χ0n) is 17.7. The van der Waals surface area contributed by atoms with Gasteiger partial charge in [0, 0.05) is 35.6 Å². The minimum absolute atomic E-state index is 0.00875. The van der Waals surface area contributed by atoms with Crippen molar-refractivity contribution in [1.82, 2.24) is 5.43 Å². The number of nitrogens with one attached hydrogen (secondary N) is 1. The SMILES string of the molecule is CC1CC(=O)NN=C1c1ccc(N=NC(c2ccc(O)cc2O)c2ccc(O)cc2O)cc1. The molecule has 0 aromatic heterocycles. The Bertz CT molecular complexity index is 1200. The number of amides is 1. The van der Waals surface area contributed by atoms with Gasteiger partial charge >= 0.3 is 0 Å². The average Bonchev–Trinajstić information content (AvgIpc) is 2.76. The molecule has 3 aromatic rings. The highest BCUT2D eigenvalue weighted by atomic mass is 16.3. The first-order chi connectivity index (χ1) is 15.8. The van der Waals surface area contributed by atoms with Gasteiger partial charge in [-0.15, -0.1) is 0 Å². The van der Waals surface area contributed by atoms with Gasteiger partial charge in [-0.3, -0.25) is 4.79 Å². The van der Waals surface area contributed by atoms with Gasteiger partial charge in [-0.25, -0.2) is 5.43 Å². The molecule has 0 aliphatic carbocycles. The lowest BCUT2D eigenvalue weighted by molar-refractivity contribution is -0.121. The summed E-state index contributed by atoms with van der Waals surface area (Å²) < 4.78 is 0. The van der Waals surface area contributed by atoms with Gasteiger partial charge in [0.05, 0.1) is 11.4 Å². The van der Waals surface area contributed by atoms with Crippen LogP contribution in [0.2, 0.25) is 0 Å². The summed E-state index contributed by atoms with van der Waals surface area (Å²) in [6.07, 6.45) is 0.369. The predicted molar refractivity (Wildman–Crippen MR) is 121 cm³/mol. The minimum atomic E-state index is -0.899. The first kappa shape index (κ1) is 21.8. The molecule has 5 N–H and O–H groups in total. The van der Waals surface area contributed by atoms with Gasteiger partial charge in [-0.2, -0.15) is 15.3 Å². The molecule has 0 bridgehead atoms. The molecule has 1 atom stereocenters. The van der Waals surface area contributed by atoms with Crippen molar-refractivity contribution in [2.24, 2.45) is 21.2 Å². The maximum atomic E-state index is 11.5. The molecular weight excluding hydrogens is 424 g/mol. The van der Waals surface area contributed by atoms with Crippen LogP contribution in [-0.2, 0) is 4.79 Å². The third-order valence-electron chi connectivity index (χ3n) is 5.33. The Hall–Kier alpha value is -4.40. The zero-order valence-corrected chi connectivity index (χ0v) is 17.7. The fourth-order valence-electron chi connectivity index (χ4n) is 3.64. The Morgan fingerprint density at radius 2 is 1.48 bits per heavy atom. The summed E-state index contributed by atoms with van der Waals surface area (Å²) in [5, 5.41) is 52.7. The number of phenols is 4. The molecule has 168 valence electrons. The molecular formula is C24H22N4O5. The number of aromatic hydroxyl groups is 4. The number of azo groups is 1. The van der Waals surface area contributed by atoms with E-state index in [1.807, 2.05) is 19.1 Å². The molecule has 9 heteroatoms. The molecule has 33 heavy (non-hydrogen) atoms. The van der Waals surface area contributed by atoms with Gasteiger partial charge in [0.2, 0.25) is 5.91 Å². The average molecular weight is 446 g/mol. The van der Waals surface area contributed by atoms with E-state index in [9.17, 15) is 25.2 Å². The Kier molecular flexibility index (Phi) is 5.95. The first-order valence-corrected chi connectivity index (χ1v) is 10.2. The molecule has 0 spiro atoms.